The van der Waals surface area contributed by atoms with E-state index in [2.05, 4.69) is 0 Å². The summed E-state index contributed by atoms with van der Waals surface area (Å²) in [7, 11) is 1.64. The zero-order valence-electron chi connectivity index (χ0n) is 17.4. The summed E-state index contributed by atoms with van der Waals surface area (Å²) in [4.78, 5) is 29.2. The molecule has 1 heterocycles. The van der Waals surface area contributed by atoms with Crippen molar-refractivity contribution in [3.05, 3.63) is 34.9 Å². The first-order valence-corrected chi connectivity index (χ1v) is 9.48. The summed E-state index contributed by atoms with van der Waals surface area (Å²) in [5.41, 5.74) is 2.29. The standard InChI is InChI=1S/C21H32N2O4/c1-15-8-7-9-18(16(15)2)19(24)22-11-12-23(17(14-22)10-13-26-6)20(25)27-21(3,4)5/h7-9,17H,10-14H2,1-6H3. The minimum atomic E-state index is -0.547. The van der Waals surface area contributed by atoms with Crippen molar-refractivity contribution in [3.8, 4) is 0 Å². The predicted octanol–water partition coefficient (Wildman–Crippen LogP) is 3.40. The summed E-state index contributed by atoms with van der Waals surface area (Å²) in [5.74, 6) is 0.0162. The Morgan fingerprint density at radius 2 is 1.89 bits per heavy atom. The van der Waals surface area contributed by atoms with Gasteiger partial charge in [-0.2, -0.15) is 0 Å². The van der Waals surface area contributed by atoms with Gasteiger partial charge in [0.15, 0.2) is 0 Å². The molecule has 6 nitrogen and oxygen atoms in total. The van der Waals surface area contributed by atoms with Crippen LogP contribution in [0.2, 0.25) is 0 Å². The lowest BCUT2D eigenvalue weighted by molar-refractivity contribution is -0.00521. The summed E-state index contributed by atoms with van der Waals surface area (Å²) in [6, 6.07) is 5.67. The first-order valence-electron chi connectivity index (χ1n) is 9.48. The van der Waals surface area contributed by atoms with Gasteiger partial charge < -0.3 is 19.3 Å². The Balaban J connectivity index is 2.16. The number of hydrogen-bond donors (Lipinski definition) is 0. The van der Waals surface area contributed by atoms with E-state index in [1.54, 1.807) is 12.0 Å². The second-order valence-electron chi connectivity index (χ2n) is 8.11. The SMILES string of the molecule is COCCC1CN(C(=O)c2cccc(C)c2C)CCN1C(=O)OC(C)(C)C. The fourth-order valence-corrected chi connectivity index (χ4v) is 3.25. The molecular weight excluding hydrogens is 344 g/mol. The Morgan fingerprint density at radius 1 is 1.19 bits per heavy atom. The number of nitrogens with zero attached hydrogens (tertiary/aromatic N) is 2. The minimum absolute atomic E-state index is 0.0162. The molecule has 2 amide bonds. The van der Waals surface area contributed by atoms with Gasteiger partial charge in [0.05, 0.1) is 6.04 Å². The summed E-state index contributed by atoms with van der Waals surface area (Å²) >= 11 is 0. The highest BCUT2D eigenvalue weighted by Gasteiger charge is 2.35. The second kappa shape index (κ2) is 8.74. The van der Waals surface area contributed by atoms with Crippen molar-refractivity contribution in [1.29, 1.82) is 0 Å². The van der Waals surface area contributed by atoms with Crippen LogP contribution in [0.3, 0.4) is 0 Å². The van der Waals surface area contributed by atoms with Crippen LogP contribution >= 0.6 is 0 Å². The normalized spacial score (nSPS) is 17.8. The lowest BCUT2D eigenvalue weighted by atomic mass is 10.0. The maximum atomic E-state index is 13.1. The highest BCUT2D eigenvalue weighted by Crippen LogP contribution is 2.21. The molecule has 1 aliphatic rings. The van der Waals surface area contributed by atoms with Gasteiger partial charge in [-0.15, -0.1) is 0 Å². The molecule has 0 bridgehead atoms. The van der Waals surface area contributed by atoms with Crippen LogP contribution in [0.15, 0.2) is 18.2 Å². The van der Waals surface area contributed by atoms with Crippen molar-refractivity contribution in [2.24, 2.45) is 0 Å². The van der Waals surface area contributed by atoms with Crippen LogP contribution in [0.25, 0.3) is 0 Å². The molecule has 1 aromatic carbocycles. The van der Waals surface area contributed by atoms with Gasteiger partial charge in [0.2, 0.25) is 0 Å². The highest BCUT2D eigenvalue weighted by atomic mass is 16.6. The van der Waals surface area contributed by atoms with Crippen LogP contribution in [-0.2, 0) is 9.47 Å². The van der Waals surface area contributed by atoms with Crippen LogP contribution in [-0.4, -0.2) is 66.8 Å². The molecule has 2 rings (SSSR count). The number of carbonyl (C=O) groups excluding carboxylic acids is 2. The lowest BCUT2D eigenvalue weighted by Gasteiger charge is -2.41. The zero-order valence-corrected chi connectivity index (χ0v) is 17.4. The average molecular weight is 376 g/mol. The maximum Gasteiger partial charge on any atom is 0.410 e. The number of carbonyl (C=O) groups is 2. The van der Waals surface area contributed by atoms with Crippen LogP contribution in [0.1, 0.15) is 48.7 Å². The Labute approximate surface area is 162 Å². The molecule has 0 N–H and O–H groups in total. The topological polar surface area (TPSA) is 59.1 Å². The summed E-state index contributed by atoms with van der Waals surface area (Å²) < 4.78 is 10.8. The highest BCUT2D eigenvalue weighted by molar-refractivity contribution is 5.96. The van der Waals surface area contributed by atoms with Crippen molar-refractivity contribution in [2.45, 2.75) is 52.7 Å². The third kappa shape index (κ3) is 5.45. The van der Waals surface area contributed by atoms with Gasteiger partial charge in [0.25, 0.3) is 5.91 Å². The van der Waals surface area contributed by atoms with Crippen molar-refractivity contribution < 1.29 is 19.1 Å². The van der Waals surface area contributed by atoms with Gasteiger partial charge in [0.1, 0.15) is 5.60 Å². The molecule has 0 radical (unpaired) electrons. The van der Waals surface area contributed by atoms with E-state index in [1.165, 1.54) is 0 Å². The molecule has 0 aromatic heterocycles. The van der Waals surface area contributed by atoms with Crippen molar-refractivity contribution in [2.75, 3.05) is 33.4 Å². The monoisotopic (exact) mass is 376 g/mol. The number of rotatable bonds is 4. The van der Waals surface area contributed by atoms with Gasteiger partial charge in [0, 0.05) is 38.9 Å². The third-order valence-corrected chi connectivity index (χ3v) is 4.89. The van der Waals surface area contributed by atoms with Gasteiger partial charge in [-0.1, -0.05) is 12.1 Å². The third-order valence-electron chi connectivity index (χ3n) is 4.89. The van der Waals surface area contributed by atoms with Gasteiger partial charge in [-0.3, -0.25) is 4.79 Å². The molecule has 1 atom stereocenters. The molecule has 1 aliphatic heterocycles. The van der Waals surface area contributed by atoms with Crippen molar-refractivity contribution in [1.82, 2.24) is 9.80 Å². The van der Waals surface area contributed by atoms with Crippen molar-refractivity contribution >= 4 is 12.0 Å². The molecule has 1 unspecified atom stereocenters. The molecule has 1 fully saturated rings. The van der Waals surface area contributed by atoms with Crippen LogP contribution in [0.5, 0.6) is 0 Å². The first kappa shape index (κ1) is 21.2. The average Bonchev–Trinajstić information content (AvgIpc) is 2.60. The number of methoxy groups -OCH3 is 1. The predicted molar refractivity (Wildman–Crippen MR) is 105 cm³/mol. The molecule has 150 valence electrons. The summed E-state index contributed by atoms with van der Waals surface area (Å²) in [5, 5.41) is 0. The number of piperazine rings is 1. The number of aryl methyl sites for hydroxylation is 1. The van der Waals surface area contributed by atoms with Crippen molar-refractivity contribution in [3.63, 3.8) is 0 Å². The number of amides is 2. The van der Waals surface area contributed by atoms with E-state index < -0.39 is 5.60 Å². The van der Waals surface area contributed by atoms with E-state index in [4.69, 9.17) is 9.47 Å². The molecule has 6 heteroatoms. The van der Waals surface area contributed by atoms with E-state index >= 15 is 0 Å². The Hall–Kier alpha value is -2.08. The van der Waals surface area contributed by atoms with E-state index in [0.29, 0.717) is 32.7 Å². The number of benzene rings is 1. The largest absolute Gasteiger partial charge is 0.444 e. The second-order valence-corrected chi connectivity index (χ2v) is 8.11. The minimum Gasteiger partial charge on any atom is -0.444 e. The molecule has 0 spiro atoms. The molecule has 1 saturated heterocycles. The zero-order chi connectivity index (χ0) is 20.2. The lowest BCUT2D eigenvalue weighted by Crippen LogP contribution is -2.57. The number of ether oxygens (including phenoxy) is 2. The fourth-order valence-electron chi connectivity index (χ4n) is 3.25. The number of hydrogen-bond acceptors (Lipinski definition) is 4. The Morgan fingerprint density at radius 3 is 2.52 bits per heavy atom. The summed E-state index contributed by atoms with van der Waals surface area (Å²) in [6.07, 6.45) is 0.328. The van der Waals surface area contributed by atoms with Crippen LogP contribution < -0.4 is 0 Å². The van der Waals surface area contributed by atoms with E-state index in [0.717, 1.165) is 16.7 Å². The van der Waals surface area contributed by atoms with Gasteiger partial charge >= 0.3 is 6.09 Å². The van der Waals surface area contributed by atoms with E-state index in [9.17, 15) is 9.59 Å². The Kier molecular flexibility index (Phi) is 6.87. The molecule has 0 saturated carbocycles. The molecule has 1 aromatic rings. The molecular formula is C21H32N2O4. The van der Waals surface area contributed by atoms with Crippen LogP contribution in [0.4, 0.5) is 4.79 Å². The summed E-state index contributed by atoms with van der Waals surface area (Å²) in [6.45, 7) is 11.5. The van der Waals surface area contributed by atoms with E-state index in [-0.39, 0.29) is 18.0 Å². The van der Waals surface area contributed by atoms with E-state index in [1.807, 2.05) is 57.7 Å². The quantitative estimate of drug-likeness (QED) is 0.808. The van der Waals surface area contributed by atoms with Crippen LogP contribution in [0, 0.1) is 13.8 Å². The fraction of sp³-hybridized carbons (Fsp3) is 0.619. The Bertz CT molecular complexity index is 681. The van der Waals surface area contributed by atoms with Gasteiger partial charge in [-0.05, 0) is 58.2 Å². The maximum absolute atomic E-state index is 13.1. The molecule has 0 aliphatic carbocycles. The van der Waals surface area contributed by atoms with Gasteiger partial charge in [-0.25, -0.2) is 4.79 Å². The molecule has 27 heavy (non-hydrogen) atoms. The smallest absolute Gasteiger partial charge is 0.410 e. The first-order chi connectivity index (χ1) is 12.6.